The fraction of sp³-hybridized carbons (Fsp3) is 0. The van der Waals surface area contributed by atoms with Crippen molar-refractivity contribution in [3.05, 3.63) is 23.2 Å². The highest BCUT2D eigenvalue weighted by Crippen LogP contribution is 2.24. The number of phenolic OH excluding ortho intramolecular Hbond substituents is 1. The molecule has 0 saturated heterocycles. The van der Waals surface area contributed by atoms with Crippen LogP contribution in [0.3, 0.4) is 0 Å². The molecule has 0 bridgehead atoms. The van der Waals surface area contributed by atoms with Gasteiger partial charge in [-0.1, -0.05) is 11.6 Å². The van der Waals surface area contributed by atoms with Crippen LogP contribution in [0.1, 0.15) is 0 Å². The third-order valence-corrected chi connectivity index (χ3v) is 1.39. The van der Waals surface area contributed by atoms with Crippen molar-refractivity contribution in [3.63, 3.8) is 0 Å². The summed E-state index contributed by atoms with van der Waals surface area (Å²) in [6.45, 7) is 0. The Morgan fingerprint density at radius 2 is 2.10 bits per heavy atom. The number of hydrogen-bond donors (Lipinski definition) is 3. The topological polar surface area (TPSA) is 52.5 Å². The Morgan fingerprint density at radius 3 is 2.60 bits per heavy atom. The van der Waals surface area contributed by atoms with Crippen molar-refractivity contribution < 1.29 is 10.3 Å². The normalized spacial score (nSPS) is 9.40. The van der Waals surface area contributed by atoms with Gasteiger partial charge in [-0.3, -0.25) is 10.7 Å². The highest BCUT2D eigenvalue weighted by Gasteiger charge is 1.97. The highest BCUT2D eigenvalue weighted by atomic mass is 35.5. The number of anilines is 1. The molecule has 0 aliphatic carbocycles. The Labute approximate surface area is 62.8 Å². The summed E-state index contributed by atoms with van der Waals surface area (Å²) in [6.07, 6.45) is 0. The van der Waals surface area contributed by atoms with Crippen molar-refractivity contribution >= 4 is 17.3 Å². The van der Waals surface area contributed by atoms with E-state index in [1.807, 2.05) is 5.48 Å². The van der Waals surface area contributed by atoms with Crippen LogP contribution in [-0.4, -0.2) is 10.3 Å². The van der Waals surface area contributed by atoms with E-state index in [0.717, 1.165) is 0 Å². The molecule has 0 amide bonds. The maximum atomic E-state index is 8.84. The van der Waals surface area contributed by atoms with Crippen LogP contribution in [-0.2, 0) is 0 Å². The Balaban J connectivity index is 3.07. The number of benzene rings is 1. The number of phenols is 1. The highest BCUT2D eigenvalue weighted by molar-refractivity contribution is 6.33. The summed E-state index contributed by atoms with van der Waals surface area (Å²) < 4.78 is 0. The fourth-order valence-electron chi connectivity index (χ4n) is 0.595. The molecule has 10 heavy (non-hydrogen) atoms. The standard InChI is InChI=1S/C6H6ClNO2/c7-5-3-4(9)1-2-6(5)8-10/h1-3,8-10H. The van der Waals surface area contributed by atoms with E-state index in [0.29, 0.717) is 5.69 Å². The third-order valence-electron chi connectivity index (χ3n) is 1.07. The van der Waals surface area contributed by atoms with Crippen LogP contribution in [0.15, 0.2) is 18.2 Å². The molecule has 54 valence electrons. The number of nitrogens with one attached hydrogen (secondary N) is 1. The van der Waals surface area contributed by atoms with Crippen molar-refractivity contribution in [2.24, 2.45) is 0 Å². The van der Waals surface area contributed by atoms with Gasteiger partial charge in [0.2, 0.25) is 0 Å². The second-order valence-corrected chi connectivity index (χ2v) is 2.18. The number of hydrogen-bond acceptors (Lipinski definition) is 3. The second kappa shape index (κ2) is 2.77. The monoisotopic (exact) mass is 159 g/mol. The maximum absolute atomic E-state index is 8.84. The van der Waals surface area contributed by atoms with Crippen molar-refractivity contribution in [3.8, 4) is 5.75 Å². The largest absolute Gasteiger partial charge is 0.508 e. The Hall–Kier alpha value is -0.930. The summed E-state index contributed by atoms with van der Waals surface area (Å²) in [4.78, 5) is 0. The molecule has 1 aromatic carbocycles. The number of halogens is 1. The molecule has 0 atom stereocenters. The average molecular weight is 160 g/mol. The fourth-order valence-corrected chi connectivity index (χ4v) is 0.812. The minimum Gasteiger partial charge on any atom is -0.508 e. The van der Waals surface area contributed by atoms with E-state index in [1.165, 1.54) is 18.2 Å². The lowest BCUT2D eigenvalue weighted by Crippen LogP contribution is -1.88. The molecular formula is C6H6ClNO2. The molecule has 3 nitrogen and oxygen atoms in total. The Kier molecular flexibility index (Phi) is 1.99. The average Bonchev–Trinajstić information content (AvgIpc) is 1.88. The van der Waals surface area contributed by atoms with Gasteiger partial charge in [0, 0.05) is 6.07 Å². The Bertz CT molecular complexity index is 239. The van der Waals surface area contributed by atoms with Gasteiger partial charge in [0.05, 0.1) is 10.7 Å². The van der Waals surface area contributed by atoms with Crippen molar-refractivity contribution in [2.75, 3.05) is 5.48 Å². The molecule has 0 aliphatic rings. The molecule has 4 heteroatoms. The number of aromatic hydroxyl groups is 1. The molecule has 0 aliphatic heterocycles. The van der Waals surface area contributed by atoms with Gasteiger partial charge in [0.15, 0.2) is 0 Å². The van der Waals surface area contributed by atoms with Crippen molar-refractivity contribution in [1.29, 1.82) is 0 Å². The molecule has 0 spiro atoms. The molecule has 1 rings (SSSR count). The van der Waals surface area contributed by atoms with Crippen LogP contribution in [0.25, 0.3) is 0 Å². The van der Waals surface area contributed by atoms with Gasteiger partial charge in [0.1, 0.15) is 5.75 Å². The SMILES string of the molecule is ONc1ccc(O)cc1Cl. The van der Waals surface area contributed by atoms with E-state index in [4.69, 9.17) is 21.9 Å². The summed E-state index contributed by atoms with van der Waals surface area (Å²) in [5.74, 6) is 0.0731. The van der Waals surface area contributed by atoms with Crippen LogP contribution < -0.4 is 5.48 Å². The third kappa shape index (κ3) is 1.32. The Morgan fingerprint density at radius 1 is 1.40 bits per heavy atom. The van der Waals surface area contributed by atoms with E-state index in [9.17, 15) is 0 Å². The summed E-state index contributed by atoms with van der Waals surface area (Å²) in [5.41, 5.74) is 2.25. The predicted molar refractivity (Wildman–Crippen MR) is 38.5 cm³/mol. The zero-order valence-corrected chi connectivity index (χ0v) is 5.76. The van der Waals surface area contributed by atoms with Gasteiger partial charge >= 0.3 is 0 Å². The summed E-state index contributed by atoms with van der Waals surface area (Å²) in [5, 5.41) is 17.5. The zero-order chi connectivity index (χ0) is 7.56. The molecule has 1 aromatic rings. The molecule has 0 radical (unpaired) electrons. The first-order valence-electron chi connectivity index (χ1n) is 2.62. The second-order valence-electron chi connectivity index (χ2n) is 1.78. The lowest BCUT2D eigenvalue weighted by atomic mass is 10.3. The molecule has 0 aromatic heterocycles. The van der Waals surface area contributed by atoms with Crippen molar-refractivity contribution in [2.45, 2.75) is 0 Å². The lowest BCUT2D eigenvalue weighted by Gasteiger charge is -2.00. The van der Waals surface area contributed by atoms with E-state index in [-0.39, 0.29) is 10.8 Å². The van der Waals surface area contributed by atoms with E-state index in [1.54, 1.807) is 0 Å². The minimum atomic E-state index is 0.0731. The smallest absolute Gasteiger partial charge is 0.117 e. The van der Waals surface area contributed by atoms with E-state index >= 15 is 0 Å². The predicted octanol–water partition coefficient (Wildman–Crippen LogP) is 1.85. The summed E-state index contributed by atoms with van der Waals surface area (Å²) in [6, 6.07) is 4.22. The summed E-state index contributed by atoms with van der Waals surface area (Å²) >= 11 is 5.55. The van der Waals surface area contributed by atoms with Gasteiger partial charge in [0.25, 0.3) is 0 Å². The molecule has 0 fully saturated rings. The first-order valence-corrected chi connectivity index (χ1v) is 3.00. The quantitative estimate of drug-likeness (QED) is 0.433. The van der Waals surface area contributed by atoms with Crippen LogP contribution in [0.4, 0.5) is 5.69 Å². The van der Waals surface area contributed by atoms with E-state index in [2.05, 4.69) is 0 Å². The molecule has 0 heterocycles. The minimum absolute atomic E-state index is 0.0731. The van der Waals surface area contributed by atoms with Gasteiger partial charge in [-0.2, -0.15) is 0 Å². The molecular weight excluding hydrogens is 154 g/mol. The molecule has 3 N–H and O–H groups in total. The van der Waals surface area contributed by atoms with Crippen LogP contribution >= 0.6 is 11.6 Å². The van der Waals surface area contributed by atoms with E-state index < -0.39 is 0 Å². The molecule has 0 unspecified atom stereocenters. The van der Waals surface area contributed by atoms with Gasteiger partial charge in [-0.05, 0) is 12.1 Å². The van der Waals surface area contributed by atoms with Crippen LogP contribution in [0, 0.1) is 0 Å². The maximum Gasteiger partial charge on any atom is 0.117 e. The van der Waals surface area contributed by atoms with Gasteiger partial charge in [-0.25, -0.2) is 0 Å². The van der Waals surface area contributed by atoms with Crippen LogP contribution in [0.2, 0.25) is 5.02 Å². The van der Waals surface area contributed by atoms with Crippen LogP contribution in [0.5, 0.6) is 5.75 Å². The first-order chi connectivity index (χ1) is 4.74. The summed E-state index contributed by atoms with van der Waals surface area (Å²) in [7, 11) is 0. The first kappa shape index (κ1) is 7.18. The van der Waals surface area contributed by atoms with Gasteiger partial charge in [-0.15, -0.1) is 0 Å². The number of rotatable bonds is 1. The molecule has 0 saturated carbocycles. The van der Waals surface area contributed by atoms with Gasteiger partial charge < -0.3 is 5.11 Å². The zero-order valence-electron chi connectivity index (χ0n) is 5.00. The lowest BCUT2D eigenvalue weighted by molar-refractivity contribution is 0.389. The van der Waals surface area contributed by atoms with Crippen molar-refractivity contribution in [1.82, 2.24) is 0 Å².